The Hall–Kier alpha value is -1.39. The number of nitrogens with one attached hydrogen (secondary N) is 1. The van der Waals surface area contributed by atoms with Gasteiger partial charge in [0.2, 0.25) is 0 Å². The van der Waals surface area contributed by atoms with E-state index in [9.17, 15) is 4.79 Å². The van der Waals surface area contributed by atoms with Gasteiger partial charge in [-0.25, -0.2) is 0 Å². The van der Waals surface area contributed by atoms with Crippen LogP contribution in [0.5, 0.6) is 0 Å². The number of nitrogens with two attached hydrogens (primary N) is 1. The summed E-state index contributed by atoms with van der Waals surface area (Å²) in [5, 5.41) is 3.19. The van der Waals surface area contributed by atoms with E-state index < -0.39 is 12.0 Å². The molecule has 0 aromatic heterocycles. The predicted octanol–water partition coefficient (Wildman–Crippen LogP) is 0.837. The normalized spacial score (nSPS) is 14.2. The first-order valence-corrected chi connectivity index (χ1v) is 5.27. The van der Waals surface area contributed by atoms with Crippen LogP contribution in [0.1, 0.15) is 18.5 Å². The highest BCUT2D eigenvalue weighted by Gasteiger charge is 2.14. The minimum absolute atomic E-state index is 0.164. The Morgan fingerprint density at radius 2 is 2.06 bits per heavy atom. The third kappa shape index (κ3) is 3.64. The molecule has 88 valence electrons. The van der Waals surface area contributed by atoms with E-state index >= 15 is 0 Å². The molecule has 0 spiro atoms. The smallest absolute Gasteiger partial charge is 0.323 e. The first kappa shape index (κ1) is 12.7. The highest BCUT2D eigenvalue weighted by Crippen LogP contribution is 2.10. The molecular weight excluding hydrogens is 204 g/mol. The molecule has 1 aromatic rings. The first-order valence-electron chi connectivity index (χ1n) is 5.27. The molecule has 1 rings (SSSR count). The average molecular weight is 222 g/mol. The lowest BCUT2D eigenvalue weighted by molar-refractivity contribution is -0.142. The number of benzene rings is 1. The number of rotatable bonds is 5. The second-order valence-corrected chi connectivity index (χ2v) is 3.67. The quantitative estimate of drug-likeness (QED) is 0.724. The fourth-order valence-corrected chi connectivity index (χ4v) is 1.40. The number of carbonyl (C=O) groups is 1. The molecular formula is C12H18N2O2. The molecule has 0 aliphatic rings. The number of hydrogen-bond donors (Lipinski definition) is 2. The lowest BCUT2D eigenvalue weighted by Crippen LogP contribution is -2.41. The standard InChI is InChI=1S/C12H18N2O2/c1-9(10-6-4-3-5-7-10)14-8-11(13)12(15)16-2/h3-7,9,11,14H,8,13H2,1-2H3. The van der Waals surface area contributed by atoms with E-state index in [1.807, 2.05) is 37.3 Å². The van der Waals surface area contributed by atoms with Crippen molar-refractivity contribution in [2.75, 3.05) is 13.7 Å². The van der Waals surface area contributed by atoms with Crippen LogP contribution in [0, 0.1) is 0 Å². The highest BCUT2D eigenvalue weighted by atomic mass is 16.5. The van der Waals surface area contributed by atoms with Gasteiger partial charge in [0.25, 0.3) is 0 Å². The summed E-state index contributed by atoms with van der Waals surface area (Å²) in [6.45, 7) is 2.43. The van der Waals surface area contributed by atoms with Gasteiger partial charge in [0.15, 0.2) is 0 Å². The summed E-state index contributed by atoms with van der Waals surface area (Å²) in [6, 6.07) is 9.54. The molecule has 0 amide bonds. The lowest BCUT2D eigenvalue weighted by Gasteiger charge is -2.16. The van der Waals surface area contributed by atoms with Crippen LogP contribution in [0.4, 0.5) is 0 Å². The average Bonchev–Trinajstić information content (AvgIpc) is 2.35. The summed E-state index contributed by atoms with van der Waals surface area (Å²) in [7, 11) is 1.34. The van der Waals surface area contributed by atoms with Crippen LogP contribution in [0.3, 0.4) is 0 Å². The van der Waals surface area contributed by atoms with Crippen molar-refractivity contribution in [2.24, 2.45) is 5.73 Å². The maximum Gasteiger partial charge on any atom is 0.323 e. The maximum absolute atomic E-state index is 11.1. The molecule has 0 aliphatic heterocycles. The molecule has 4 nitrogen and oxygen atoms in total. The van der Waals surface area contributed by atoms with Gasteiger partial charge in [0.05, 0.1) is 7.11 Å². The molecule has 0 radical (unpaired) electrons. The second kappa shape index (κ2) is 6.25. The largest absolute Gasteiger partial charge is 0.468 e. The summed E-state index contributed by atoms with van der Waals surface area (Å²) in [5.41, 5.74) is 6.78. The molecule has 2 unspecified atom stereocenters. The molecule has 0 aliphatic carbocycles. The van der Waals surface area contributed by atoms with Gasteiger partial charge in [-0.05, 0) is 12.5 Å². The summed E-state index contributed by atoms with van der Waals surface area (Å²) >= 11 is 0. The van der Waals surface area contributed by atoms with Gasteiger partial charge in [0.1, 0.15) is 6.04 Å². The Labute approximate surface area is 95.8 Å². The Bertz CT molecular complexity index is 327. The Morgan fingerprint density at radius 1 is 1.44 bits per heavy atom. The second-order valence-electron chi connectivity index (χ2n) is 3.67. The van der Waals surface area contributed by atoms with E-state index in [1.165, 1.54) is 12.7 Å². The van der Waals surface area contributed by atoms with Crippen molar-refractivity contribution < 1.29 is 9.53 Å². The molecule has 0 saturated heterocycles. The first-order chi connectivity index (χ1) is 7.65. The van der Waals surface area contributed by atoms with E-state index in [0.29, 0.717) is 6.54 Å². The summed E-state index contributed by atoms with van der Waals surface area (Å²) in [4.78, 5) is 11.1. The lowest BCUT2D eigenvalue weighted by atomic mass is 10.1. The van der Waals surface area contributed by atoms with Gasteiger partial charge in [-0.15, -0.1) is 0 Å². The van der Waals surface area contributed by atoms with Crippen molar-refractivity contribution in [3.63, 3.8) is 0 Å². The molecule has 0 saturated carbocycles. The predicted molar refractivity (Wildman–Crippen MR) is 62.9 cm³/mol. The Morgan fingerprint density at radius 3 is 2.62 bits per heavy atom. The number of hydrogen-bond acceptors (Lipinski definition) is 4. The zero-order valence-corrected chi connectivity index (χ0v) is 9.64. The minimum atomic E-state index is -0.615. The van der Waals surface area contributed by atoms with Crippen molar-refractivity contribution >= 4 is 5.97 Å². The van der Waals surface area contributed by atoms with Crippen LogP contribution in [-0.4, -0.2) is 25.7 Å². The van der Waals surface area contributed by atoms with Crippen LogP contribution in [0.2, 0.25) is 0 Å². The maximum atomic E-state index is 11.1. The van der Waals surface area contributed by atoms with Gasteiger partial charge in [-0.3, -0.25) is 4.79 Å². The van der Waals surface area contributed by atoms with E-state index in [0.717, 1.165) is 0 Å². The van der Waals surface area contributed by atoms with Crippen LogP contribution in [-0.2, 0) is 9.53 Å². The van der Waals surface area contributed by atoms with Gasteiger partial charge in [-0.2, -0.15) is 0 Å². The molecule has 0 heterocycles. The minimum Gasteiger partial charge on any atom is -0.468 e. The summed E-state index contributed by atoms with van der Waals surface area (Å²) in [5.74, 6) is -0.396. The van der Waals surface area contributed by atoms with Crippen molar-refractivity contribution in [3.8, 4) is 0 Å². The van der Waals surface area contributed by atoms with Crippen molar-refractivity contribution in [2.45, 2.75) is 19.0 Å². The van der Waals surface area contributed by atoms with Crippen molar-refractivity contribution in [1.82, 2.24) is 5.32 Å². The fraction of sp³-hybridized carbons (Fsp3) is 0.417. The monoisotopic (exact) mass is 222 g/mol. The van der Waals surface area contributed by atoms with E-state index in [2.05, 4.69) is 10.1 Å². The van der Waals surface area contributed by atoms with Gasteiger partial charge >= 0.3 is 5.97 Å². The zero-order valence-electron chi connectivity index (χ0n) is 9.64. The SMILES string of the molecule is COC(=O)C(N)CNC(C)c1ccccc1. The molecule has 0 fully saturated rings. The van der Waals surface area contributed by atoms with Crippen LogP contribution >= 0.6 is 0 Å². The Kier molecular flexibility index (Phi) is 4.95. The topological polar surface area (TPSA) is 64.3 Å². The number of ether oxygens (including phenoxy) is 1. The van der Waals surface area contributed by atoms with Crippen LogP contribution in [0.15, 0.2) is 30.3 Å². The van der Waals surface area contributed by atoms with Crippen molar-refractivity contribution in [3.05, 3.63) is 35.9 Å². The summed E-state index contributed by atoms with van der Waals surface area (Å²) in [6.07, 6.45) is 0. The van der Waals surface area contributed by atoms with E-state index in [4.69, 9.17) is 5.73 Å². The van der Waals surface area contributed by atoms with E-state index in [1.54, 1.807) is 0 Å². The van der Waals surface area contributed by atoms with Gasteiger partial charge < -0.3 is 15.8 Å². The third-order valence-corrected chi connectivity index (χ3v) is 2.45. The van der Waals surface area contributed by atoms with Crippen LogP contribution in [0.25, 0.3) is 0 Å². The molecule has 16 heavy (non-hydrogen) atoms. The molecule has 2 atom stereocenters. The van der Waals surface area contributed by atoms with Crippen molar-refractivity contribution in [1.29, 1.82) is 0 Å². The molecule has 4 heteroatoms. The van der Waals surface area contributed by atoms with Crippen LogP contribution < -0.4 is 11.1 Å². The molecule has 0 bridgehead atoms. The number of esters is 1. The van der Waals surface area contributed by atoms with Gasteiger partial charge in [0, 0.05) is 12.6 Å². The molecule has 3 N–H and O–H groups in total. The third-order valence-electron chi connectivity index (χ3n) is 2.45. The highest BCUT2D eigenvalue weighted by molar-refractivity contribution is 5.75. The zero-order chi connectivity index (χ0) is 12.0. The number of carbonyl (C=O) groups excluding carboxylic acids is 1. The van der Waals surface area contributed by atoms with E-state index in [-0.39, 0.29) is 6.04 Å². The fourth-order valence-electron chi connectivity index (χ4n) is 1.40. The number of methoxy groups -OCH3 is 1. The molecule has 1 aromatic carbocycles. The summed E-state index contributed by atoms with van der Waals surface area (Å²) < 4.78 is 4.55. The Balaban J connectivity index is 2.41. The van der Waals surface area contributed by atoms with Gasteiger partial charge in [-0.1, -0.05) is 30.3 Å².